The normalized spacial score (nSPS) is 13.0. The van der Waals surface area contributed by atoms with E-state index in [0.717, 1.165) is 38.5 Å². The first-order valence-electron chi connectivity index (χ1n) is 9.71. The van der Waals surface area contributed by atoms with Gasteiger partial charge in [0.2, 0.25) is 0 Å². The van der Waals surface area contributed by atoms with Crippen molar-refractivity contribution in [2.75, 3.05) is 7.11 Å². The number of carbonyl (C=O) groups excluding carboxylic acids is 1. The number of aliphatic hydroxyl groups is 1. The number of aliphatic hydroxyl groups excluding tert-OH is 1. The Balaban J connectivity index is 3.19. The van der Waals surface area contributed by atoms with Crippen molar-refractivity contribution < 1.29 is 14.6 Å². The number of hydrogen-bond acceptors (Lipinski definition) is 3. The molecule has 0 aliphatic rings. The zero-order chi connectivity index (χ0) is 17.9. The van der Waals surface area contributed by atoms with Crippen molar-refractivity contribution in [3.8, 4) is 0 Å². The fraction of sp³-hybridized carbons (Fsp3) is 0.762. The van der Waals surface area contributed by atoms with Gasteiger partial charge in [-0.1, -0.05) is 43.6 Å². The third kappa shape index (κ3) is 19.0. The second kappa shape index (κ2) is 18.3. The molecule has 0 aromatic heterocycles. The van der Waals surface area contributed by atoms with Crippen molar-refractivity contribution in [3.05, 3.63) is 24.3 Å². The van der Waals surface area contributed by atoms with Crippen LogP contribution in [0.2, 0.25) is 0 Å². The van der Waals surface area contributed by atoms with E-state index in [1.807, 2.05) is 6.92 Å². The Hall–Kier alpha value is -1.09. The van der Waals surface area contributed by atoms with E-state index in [1.54, 1.807) is 0 Å². The average Bonchev–Trinajstić information content (AvgIpc) is 2.57. The molecule has 0 rings (SSSR count). The monoisotopic (exact) mass is 338 g/mol. The molecule has 0 aromatic carbocycles. The Morgan fingerprint density at radius 2 is 1.29 bits per heavy atom. The molecule has 0 saturated heterocycles. The molecule has 0 aromatic rings. The molecule has 140 valence electrons. The summed E-state index contributed by atoms with van der Waals surface area (Å²) in [6, 6.07) is 0. The van der Waals surface area contributed by atoms with Crippen LogP contribution in [0.4, 0.5) is 0 Å². The number of allylic oxidation sites excluding steroid dienone is 4. The molecule has 0 aliphatic heterocycles. The Morgan fingerprint density at radius 3 is 1.79 bits per heavy atom. The summed E-state index contributed by atoms with van der Waals surface area (Å²) in [5.74, 6) is -0.113. The highest BCUT2D eigenvalue weighted by molar-refractivity contribution is 5.68. The molecule has 0 heterocycles. The van der Waals surface area contributed by atoms with Gasteiger partial charge >= 0.3 is 5.97 Å². The predicted octanol–water partition coefficient (Wildman–Crippen LogP) is 5.72. The van der Waals surface area contributed by atoms with Crippen LogP contribution in [-0.2, 0) is 9.53 Å². The molecule has 3 nitrogen and oxygen atoms in total. The van der Waals surface area contributed by atoms with Gasteiger partial charge in [-0.05, 0) is 64.7 Å². The lowest BCUT2D eigenvalue weighted by Gasteiger charge is -2.00. The summed E-state index contributed by atoms with van der Waals surface area (Å²) in [5.41, 5.74) is 0. The second-order valence-electron chi connectivity index (χ2n) is 6.54. The maximum absolute atomic E-state index is 10.9. The van der Waals surface area contributed by atoms with Crippen LogP contribution in [0.5, 0.6) is 0 Å². The van der Waals surface area contributed by atoms with Gasteiger partial charge in [0.1, 0.15) is 0 Å². The number of unbranched alkanes of at least 4 members (excludes halogenated alkanes) is 8. The lowest BCUT2D eigenvalue weighted by Crippen LogP contribution is -1.98. The van der Waals surface area contributed by atoms with E-state index in [1.165, 1.54) is 45.6 Å². The highest BCUT2D eigenvalue weighted by Crippen LogP contribution is 2.09. The van der Waals surface area contributed by atoms with Gasteiger partial charge in [0.15, 0.2) is 0 Å². The summed E-state index contributed by atoms with van der Waals surface area (Å²) < 4.78 is 4.61. The molecule has 24 heavy (non-hydrogen) atoms. The number of ether oxygens (including phenoxy) is 1. The second-order valence-corrected chi connectivity index (χ2v) is 6.54. The molecule has 0 spiro atoms. The third-order valence-corrected chi connectivity index (χ3v) is 4.05. The minimum Gasteiger partial charge on any atom is -0.469 e. The lowest BCUT2D eigenvalue weighted by atomic mass is 10.1. The van der Waals surface area contributed by atoms with Crippen LogP contribution in [0.25, 0.3) is 0 Å². The zero-order valence-electron chi connectivity index (χ0n) is 15.8. The minimum atomic E-state index is -0.159. The van der Waals surface area contributed by atoms with Crippen LogP contribution in [0.15, 0.2) is 24.3 Å². The van der Waals surface area contributed by atoms with Crippen LogP contribution in [0.3, 0.4) is 0 Å². The highest BCUT2D eigenvalue weighted by atomic mass is 16.5. The number of rotatable bonds is 16. The average molecular weight is 339 g/mol. The molecule has 0 saturated carbocycles. The highest BCUT2D eigenvalue weighted by Gasteiger charge is 1.96. The smallest absolute Gasteiger partial charge is 0.305 e. The lowest BCUT2D eigenvalue weighted by molar-refractivity contribution is -0.140. The van der Waals surface area contributed by atoms with Crippen molar-refractivity contribution >= 4 is 5.97 Å². The van der Waals surface area contributed by atoms with E-state index < -0.39 is 0 Å². The van der Waals surface area contributed by atoms with Gasteiger partial charge in [-0.15, -0.1) is 0 Å². The Labute approximate surface area is 149 Å². The summed E-state index contributed by atoms with van der Waals surface area (Å²) in [7, 11) is 1.44. The minimum absolute atomic E-state index is 0.113. The SMILES string of the molecule is COC(=O)CCC/C=C\CCCCCCC/C=C\CCC[C@H](C)O. The molecule has 0 amide bonds. The van der Waals surface area contributed by atoms with Crippen LogP contribution in [0, 0.1) is 0 Å². The summed E-state index contributed by atoms with van der Waals surface area (Å²) in [6.45, 7) is 1.85. The van der Waals surface area contributed by atoms with Crippen molar-refractivity contribution in [1.82, 2.24) is 0 Å². The summed E-state index contributed by atoms with van der Waals surface area (Å²) >= 11 is 0. The van der Waals surface area contributed by atoms with Gasteiger partial charge in [-0.25, -0.2) is 0 Å². The molecule has 0 radical (unpaired) electrons. The van der Waals surface area contributed by atoms with Gasteiger partial charge in [0, 0.05) is 6.42 Å². The largest absolute Gasteiger partial charge is 0.469 e. The predicted molar refractivity (Wildman–Crippen MR) is 102 cm³/mol. The first-order chi connectivity index (χ1) is 11.7. The van der Waals surface area contributed by atoms with Crippen LogP contribution < -0.4 is 0 Å². The van der Waals surface area contributed by atoms with E-state index in [-0.39, 0.29) is 12.1 Å². The first-order valence-corrected chi connectivity index (χ1v) is 9.71. The maximum atomic E-state index is 10.9. The van der Waals surface area contributed by atoms with Gasteiger partial charge in [0.25, 0.3) is 0 Å². The Bertz CT molecular complexity index is 332. The number of methoxy groups -OCH3 is 1. The Kier molecular flexibility index (Phi) is 17.4. The van der Waals surface area contributed by atoms with Crippen LogP contribution in [-0.4, -0.2) is 24.3 Å². The number of hydrogen-bond donors (Lipinski definition) is 1. The Morgan fingerprint density at radius 1 is 0.833 bits per heavy atom. The fourth-order valence-corrected chi connectivity index (χ4v) is 2.52. The van der Waals surface area contributed by atoms with E-state index in [2.05, 4.69) is 29.0 Å². The quantitative estimate of drug-likeness (QED) is 0.222. The molecule has 1 N–H and O–H groups in total. The molecule has 3 heteroatoms. The first kappa shape index (κ1) is 22.9. The van der Waals surface area contributed by atoms with Gasteiger partial charge in [-0.2, -0.15) is 0 Å². The number of esters is 1. The topological polar surface area (TPSA) is 46.5 Å². The van der Waals surface area contributed by atoms with Crippen LogP contribution >= 0.6 is 0 Å². The molecule has 0 fully saturated rings. The molecule has 0 aliphatic carbocycles. The van der Waals surface area contributed by atoms with E-state index >= 15 is 0 Å². The number of carbonyl (C=O) groups is 1. The van der Waals surface area contributed by atoms with Gasteiger partial charge < -0.3 is 9.84 Å². The zero-order valence-corrected chi connectivity index (χ0v) is 15.8. The third-order valence-electron chi connectivity index (χ3n) is 4.05. The molecule has 0 bridgehead atoms. The van der Waals surface area contributed by atoms with Crippen molar-refractivity contribution in [1.29, 1.82) is 0 Å². The van der Waals surface area contributed by atoms with Crippen molar-refractivity contribution in [2.24, 2.45) is 0 Å². The molecule has 1 atom stereocenters. The molecular formula is C21H38O3. The standard InChI is InChI=1S/C21H38O3/c1-20(22)18-16-14-12-10-8-6-4-3-5-7-9-11-13-15-17-19-21(23)24-2/h10-13,20,22H,3-9,14-19H2,1-2H3/b12-10-,13-11-/t20-/m0/s1. The maximum Gasteiger partial charge on any atom is 0.305 e. The van der Waals surface area contributed by atoms with Gasteiger partial charge in [-0.3, -0.25) is 4.79 Å². The van der Waals surface area contributed by atoms with Crippen molar-refractivity contribution in [2.45, 2.75) is 96.5 Å². The summed E-state index contributed by atoms with van der Waals surface area (Å²) in [5, 5.41) is 9.15. The molecule has 0 unspecified atom stereocenters. The van der Waals surface area contributed by atoms with E-state index in [0.29, 0.717) is 6.42 Å². The molecular weight excluding hydrogens is 300 g/mol. The fourth-order valence-electron chi connectivity index (χ4n) is 2.52. The van der Waals surface area contributed by atoms with Crippen LogP contribution in [0.1, 0.15) is 90.4 Å². The summed E-state index contributed by atoms with van der Waals surface area (Å²) in [6.07, 6.45) is 23.1. The van der Waals surface area contributed by atoms with E-state index in [9.17, 15) is 4.79 Å². The summed E-state index contributed by atoms with van der Waals surface area (Å²) in [4.78, 5) is 10.9. The van der Waals surface area contributed by atoms with Gasteiger partial charge in [0.05, 0.1) is 13.2 Å². The van der Waals surface area contributed by atoms with E-state index in [4.69, 9.17) is 5.11 Å². The van der Waals surface area contributed by atoms with Crippen molar-refractivity contribution in [3.63, 3.8) is 0 Å².